The molecule has 0 N–H and O–H groups in total. The average Bonchev–Trinajstić information content (AvgIpc) is 1.83. The fraction of sp³-hybridized carbons (Fsp3) is 0.333. The van der Waals surface area contributed by atoms with Gasteiger partial charge in [-0.25, -0.2) is 4.79 Å². The topological polar surface area (TPSA) is 43.4 Å². The highest BCUT2D eigenvalue weighted by molar-refractivity contribution is 5.94. The Hall–Kier alpha value is -1.12. The first-order valence-electron chi connectivity index (χ1n) is 2.43. The second-order valence-corrected chi connectivity index (χ2v) is 1.47. The summed E-state index contributed by atoms with van der Waals surface area (Å²) in [4.78, 5) is 20.4. The van der Waals surface area contributed by atoms with Gasteiger partial charge in [-0.3, -0.25) is 4.79 Å². The molecule has 0 fully saturated rings. The van der Waals surface area contributed by atoms with E-state index in [9.17, 15) is 9.59 Å². The zero-order chi connectivity index (χ0) is 7.28. The lowest BCUT2D eigenvalue weighted by molar-refractivity contribution is -0.135. The number of methoxy groups -OCH3 is 1. The molecule has 0 saturated carbocycles. The molecule has 0 bridgehead atoms. The fourth-order valence-corrected chi connectivity index (χ4v) is 0.253. The molecule has 0 amide bonds. The lowest BCUT2D eigenvalue weighted by Crippen LogP contribution is -1.95. The van der Waals surface area contributed by atoms with Crippen LogP contribution >= 0.6 is 0 Å². The van der Waals surface area contributed by atoms with E-state index < -0.39 is 5.97 Å². The van der Waals surface area contributed by atoms with Crippen LogP contribution in [0.4, 0.5) is 0 Å². The molecule has 0 heterocycles. The predicted octanol–water partition coefficient (Wildman–Crippen LogP) is 0.305. The minimum Gasteiger partial charge on any atom is -0.466 e. The molecule has 50 valence electrons. The van der Waals surface area contributed by atoms with Gasteiger partial charge in [0, 0.05) is 6.08 Å². The molecule has 0 aliphatic heterocycles. The first-order chi connectivity index (χ1) is 4.16. The maximum absolute atomic E-state index is 10.3. The fourth-order valence-electron chi connectivity index (χ4n) is 0.253. The molecule has 3 heteroatoms. The van der Waals surface area contributed by atoms with Crippen LogP contribution in [0.3, 0.4) is 0 Å². The minimum absolute atomic E-state index is 0.166. The zero-order valence-electron chi connectivity index (χ0n) is 5.38. The summed E-state index contributed by atoms with van der Waals surface area (Å²) in [6, 6.07) is 0. The standard InChI is InChI=1S/C6H8O3/c1-5(7)3-4-6(8)9-2/h3-4H,1-2H3/b4-3-. The van der Waals surface area contributed by atoms with Gasteiger partial charge in [0.2, 0.25) is 0 Å². The first-order valence-corrected chi connectivity index (χ1v) is 2.43. The number of allylic oxidation sites excluding steroid dienone is 1. The van der Waals surface area contributed by atoms with E-state index in [-0.39, 0.29) is 5.78 Å². The van der Waals surface area contributed by atoms with Crippen LogP contribution in [0.1, 0.15) is 6.92 Å². The van der Waals surface area contributed by atoms with Gasteiger partial charge >= 0.3 is 5.97 Å². The van der Waals surface area contributed by atoms with E-state index in [1.807, 2.05) is 0 Å². The van der Waals surface area contributed by atoms with Crippen molar-refractivity contribution in [3.8, 4) is 0 Å². The molecular weight excluding hydrogens is 120 g/mol. The number of ether oxygens (including phenoxy) is 1. The quantitative estimate of drug-likeness (QED) is 0.397. The highest BCUT2D eigenvalue weighted by atomic mass is 16.5. The monoisotopic (exact) mass is 128 g/mol. The summed E-state index contributed by atoms with van der Waals surface area (Å²) < 4.78 is 4.22. The molecule has 0 aromatic heterocycles. The van der Waals surface area contributed by atoms with E-state index in [2.05, 4.69) is 4.74 Å². The highest BCUT2D eigenvalue weighted by Gasteiger charge is 1.89. The van der Waals surface area contributed by atoms with Gasteiger partial charge in [0.25, 0.3) is 0 Å². The summed E-state index contributed by atoms with van der Waals surface area (Å²) in [5, 5.41) is 0. The SMILES string of the molecule is COC(=O)/C=C\C(C)=O. The van der Waals surface area contributed by atoms with Crippen molar-refractivity contribution in [1.29, 1.82) is 0 Å². The van der Waals surface area contributed by atoms with Gasteiger partial charge in [0.05, 0.1) is 7.11 Å². The molecule has 0 aromatic carbocycles. The second kappa shape index (κ2) is 3.83. The van der Waals surface area contributed by atoms with E-state index in [4.69, 9.17) is 0 Å². The van der Waals surface area contributed by atoms with Crippen molar-refractivity contribution >= 4 is 11.8 Å². The van der Waals surface area contributed by atoms with Crippen molar-refractivity contribution in [3.63, 3.8) is 0 Å². The second-order valence-electron chi connectivity index (χ2n) is 1.47. The van der Waals surface area contributed by atoms with Gasteiger partial charge in [-0.15, -0.1) is 0 Å². The summed E-state index contributed by atoms with van der Waals surface area (Å²) >= 11 is 0. The Bertz CT molecular complexity index is 146. The predicted molar refractivity (Wildman–Crippen MR) is 31.8 cm³/mol. The van der Waals surface area contributed by atoms with Gasteiger partial charge in [-0.05, 0) is 13.0 Å². The third-order valence-electron chi connectivity index (χ3n) is 0.655. The molecule has 0 saturated heterocycles. The Labute approximate surface area is 53.3 Å². The summed E-state index contributed by atoms with van der Waals surface area (Å²) in [6.07, 6.45) is 2.24. The van der Waals surface area contributed by atoms with Gasteiger partial charge in [0.1, 0.15) is 0 Å². The van der Waals surface area contributed by atoms with Crippen molar-refractivity contribution in [2.75, 3.05) is 7.11 Å². The van der Waals surface area contributed by atoms with E-state index >= 15 is 0 Å². The molecule has 0 atom stereocenters. The van der Waals surface area contributed by atoms with Crippen LogP contribution in [-0.2, 0) is 14.3 Å². The largest absolute Gasteiger partial charge is 0.466 e. The van der Waals surface area contributed by atoms with E-state index in [0.29, 0.717) is 0 Å². The van der Waals surface area contributed by atoms with Crippen LogP contribution < -0.4 is 0 Å². The van der Waals surface area contributed by atoms with E-state index in [0.717, 1.165) is 12.2 Å². The lowest BCUT2D eigenvalue weighted by Gasteiger charge is -1.85. The van der Waals surface area contributed by atoms with Gasteiger partial charge in [-0.2, -0.15) is 0 Å². The molecule has 0 aliphatic carbocycles. The number of carbonyl (C=O) groups is 2. The molecule has 0 spiro atoms. The Kier molecular flexibility index (Phi) is 3.35. The molecular formula is C6H8O3. The number of rotatable bonds is 2. The molecule has 3 nitrogen and oxygen atoms in total. The average molecular weight is 128 g/mol. The van der Waals surface area contributed by atoms with E-state index in [1.165, 1.54) is 14.0 Å². The van der Waals surface area contributed by atoms with Crippen LogP contribution in [0.25, 0.3) is 0 Å². The first kappa shape index (κ1) is 7.88. The maximum atomic E-state index is 10.3. The Morgan fingerprint density at radius 2 is 1.89 bits per heavy atom. The van der Waals surface area contributed by atoms with Gasteiger partial charge < -0.3 is 4.74 Å². The van der Waals surface area contributed by atoms with Crippen LogP contribution in [0.2, 0.25) is 0 Å². The van der Waals surface area contributed by atoms with Crippen molar-refractivity contribution in [2.45, 2.75) is 6.92 Å². The number of esters is 1. The zero-order valence-corrected chi connectivity index (χ0v) is 5.38. The number of ketones is 1. The summed E-state index contributed by atoms with van der Waals surface area (Å²) in [5.74, 6) is -0.675. The van der Waals surface area contributed by atoms with Gasteiger partial charge in [0.15, 0.2) is 5.78 Å². The van der Waals surface area contributed by atoms with Crippen molar-refractivity contribution in [2.24, 2.45) is 0 Å². The number of hydrogen-bond acceptors (Lipinski definition) is 3. The maximum Gasteiger partial charge on any atom is 0.330 e. The minimum atomic E-state index is -0.509. The number of hydrogen-bond donors (Lipinski definition) is 0. The normalized spacial score (nSPS) is 9.56. The van der Waals surface area contributed by atoms with Crippen LogP contribution in [0.5, 0.6) is 0 Å². The summed E-state index contributed by atoms with van der Waals surface area (Å²) in [7, 11) is 1.26. The number of carbonyl (C=O) groups excluding carboxylic acids is 2. The molecule has 9 heavy (non-hydrogen) atoms. The molecule has 0 aromatic rings. The van der Waals surface area contributed by atoms with E-state index in [1.54, 1.807) is 0 Å². The Morgan fingerprint density at radius 1 is 1.33 bits per heavy atom. The Morgan fingerprint density at radius 3 is 2.22 bits per heavy atom. The van der Waals surface area contributed by atoms with Gasteiger partial charge in [-0.1, -0.05) is 0 Å². The summed E-state index contributed by atoms with van der Waals surface area (Å²) in [5.41, 5.74) is 0. The molecule has 0 aliphatic rings. The third kappa shape index (κ3) is 4.74. The molecule has 0 rings (SSSR count). The van der Waals surface area contributed by atoms with Crippen LogP contribution in [-0.4, -0.2) is 18.9 Å². The lowest BCUT2D eigenvalue weighted by atomic mass is 10.4. The van der Waals surface area contributed by atoms with Crippen molar-refractivity contribution < 1.29 is 14.3 Å². The van der Waals surface area contributed by atoms with Crippen LogP contribution in [0, 0.1) is 0 Å². The smallest absolute Gasteiger partial charge is 0.330 e. The molecule has 0 radical (unpaired) electrons. The van der Waals surface area contributed by atoms with Crippen LogP contribution in [0.15, 0.2) is 12.2 Å². The molecule has 0 unspecified atom stereocenters. The third-order valence-corrected chi connectivity index (χ3v) is 0.655. The van der Waals surface area contributed by atoms with Crippen molar-refractivity contribution in [3.05, 3.63) is 12.2 Å². The summed E-state index contributed by atoms with van der Waals surface area (Å²) in [6.45, 7) is 1.36. The highest BCUT2D eigenvalue weighted by Crippen LogP contribution is 1.78. The van der Waals surface area contributed by atoms with Crippen molar-refractivity contribution in [1.82, 2.24) is 0 Å². The Balaban J connectivity index is 3.71.